The standard InChI is InChI=1S/C19H20N2O2/c1-4-13-7-5-6-8-15(13)21-16-9-10-20-17-12-19(23-3)18(22-2)11-14(16)17/h5-12H,4H2,1-3H3,(H,20,21). The Morgan fingerprint density at radius 3 is 2.43 bits per heavy atom. The molecule has 1 aromatic heterocycles. The molecule has 0 amide bonds. The van der Waals surface area contributed by atoms with Crippen molar-refractivity contribution in [3.05, 3.63) is 54.2 Å². The van der Waals surface area contributed by atoms with Crippen LogP contribution in [0.5, 0.6) is 11.5 Å². The van der Waals surface area contributed by atoms with E-state index in [4.69, 9.17) is 9.47 Å². The van der Waals surface area contributed by atoms with E-state index in [1.165, 1.54) is 5.56 Å². The highest BCUT2D eigenvalue weighted by Crippen LogP contribution is 2.35. The van der Waals surface area contributed by atoms with E-state index >= 15 is 0 Å². The summed E-state index contributed by atoms with van der Waals surface area (Å²) in [6.45, 7) is 2.15. The molecule has 0 atom stereocenters. The van der Waals surface area contributed by atoms with Gasteiger partial charge in [0.15, 0.2) is 11.5 Å². The van der Waals surface area contributed by atoms with E-state index in [1.54, 1.807) is 20.4 Å². The van der Waals surface area contributed by atoms with Gasteiger partial charge in [-0.05, 0) is 30.2 Å². The number of rotatable bonds is 5. The molecule has 0 unspecified atom stereocenters. The minimum Gasteiger partial charge on any atom is -0.493 e. The summed E-state index contributed by atoms with van der Waals surface area (Å²) in [6.07, 6.45) is 2.77. The number of anilines is 2. The van der Waals surface area contributed by atoms with Crippen LogP contribution in [-0.2, 0) is 6.42 Å². The van der Waals surface area contributed by atoms with Gasteiger partial charge in [0.05, 0.1) is 19.7 Å². The minimum absolute atomic E-state index is 0.679. The molecule has 23 heavy (non-hydrogen) atoms. The maximum Gasteiger partial charge on any atom is 0.162 e. The lowest BCUT2D eigenvalue weighted by molar-refractivity contribution is 0.356. The lowest BCUT2D eigenvalue weighted by Crippen LogP contribution is -1.97. The number of pyridine rings is 1. The van der Waals surface area contributed by atoms with E-state index in [0.717, 1.165) is 28.7 Å². The molecule has 2 aromatic carbocycles. The van der Waals surface area contributed by atoms with Crippen LogP contribution in [0.15, 0.2) is 48.7 Å². The van der Waals surface area contributed by atoms with E-state index in [-0.39, 0.29) is 0 Å². The molecular formula is C19H20N2O2. The van der Waals surface area contributed by atoms with Crippen LogP contribution in [0.3, 0.4) is 0 Å². The maximum atomic E-state index is 5.41. The van der Waals surface area contributed by atoms with Crippen LogP contribution < -0.4 is 14.8 Å². The summed E-state index contributed by atoms with van der Waals surface area (Å²) in [5, 5.41) is 4.52. The third-order valence-corrected chi connectivity index (χ3v) is 3.91. The lowest BCUT2D eigenvalue weighted by Gasteiger charge is -2.14. The van der Waals surface area contributed by atoms with Crippen LogP contribution in [0, 0.1) is 0 Å². The molecule has 0 spiro atoms. The highest BCUT2D eigenvalue weighted by Gasteiger charge is 2.10. The van der Waals surface area contributed by atoms with Crippen molar-refractivity contribution in [2.45, 2.75) is 13.3 Å². The summed E-state index contributed by atoms with van der Waals surface area (Å²) >= 11 is 0. The van der Waals surface area contributed by atoms with Crippen molar-refractivity contribution in [2.75, 3.05) is 19.5 Å². The van der Waals surface area contributed by atoms with Gasteiger partial charge in [0.25, 0.3) is 0 Å². The van der Waals surface area contributed by atoms with Gasteiger partial charge in [-0.15, -0.1) is 0 Å². The predicted molar refractivity (Wildman–Crippen MR) is 93.9 cm³/mol. The van der Waals surface area contributed by atoms with Crippen LogP contribution in [0.4, 0.5) is 11.4 Å². The second-order valence-corrected chi connectivity index (χ2v) is 5.22. The van der Waals surface area contributed by atoms with E-state index in [1.807, 2.05) is 24.3 Å². The smallest absolute Gasteiger partial charge is 0.162 e. The van der Waals surface area contributed by atoms with Gasteiger partial charge in [-0.1, -0.05) is 25.1 Å². The van der Waals surface area contributed by atoms with E-state index in [9.17, 15) is 0 Å². The highest BCUT2D eigenvalue weighted by molar-refractivity contribution is 5.95. The molecule has 118 valence electrons. The Kier molecular flexibility index (Phi) is 4.33. The van der Waals surface area contributed by atoms with Gasteiger partial charge in [-0.2, -0.15) is 0 Å². The SMILES string of the molecule is CCc1ccccc1Nc1ccnc2cc(OC)c(OC)cc12. The molecular weight excluding hydrogens is 288 g/mol. The number of hydrogen-bond acceptors (Lipinski definition) is 4. The van der Waals surface area contributed by atoms with Gasteiger partial charge < -0.3 is 14.8 Å². The lowest BCUT2D eigenvalue weighted by atomic mass is 10.1. The average Bonchev–Trinajstić information content (AvgIpc) is 2.61. The molecule has 3 rings (SSSR count). The zero-order valence-electron chi connectivity index (χ0n) is 13.6. The van der Waals surface area contributed by atoms with Crippen molar-refractivity contribution >= 4 is 22.3 Å². The quantitative estimate of drug-likeness (QED) is 0.750. The summed E-state index contributed by atoms with van der Waals surface area (Å²) < 4.78 is 10.8. The van der Waals surface area contributed by atoms with Gasteiger partial charge in [0, 0.05) is 29.0 Å². The Balaban J connectivity index is 2.10. The number of benzene rings is 2. The monoisotopic (exact) mass is 308 g/mol. The number of methoxy groups -OCH3 is 2. The number of hydrogen-bond donors (Lipinski definition) is 1. The first kappa shape index (κ1) is 15.2. The molecule has 0 fully saturated rings. The van der Waals surface area contributed by atoms with Crippen molar-refractivity contribution < 1.29 is 9.47 Å². The van der Waals surface area contributed by atoms with Gasteiger partial charge in [0.2, 0.25) is 0 Å². The van der Waals surface area contributed by atoms with Crippen molar-refractivity contribution in [3.8, 4) is 11.5 Å². The van der Waals surface area contributed by atoms with Crippen LogP contribution >= 0.6 is 0 Å². The van der Waals surface area contributed by atoms with E-state index in [2.05, 4.69) is 35.4 Å². The van der Waals surface area contributed by atoms with Gasteiger partial charge in [-0.3, -0.25) is 4.98 Å². The van der Waals surface area contributed by atoms with Gasteiger partial charge in [0.1, 0.15) is 0 Å². The molecule has 0 aliphatic rings. The van der Waals surface area contributed by atoms with Crippen molar-refractivity contribution in [2.24, 2.45) is 0 Å². The van der Waals surface area contributed by atoms with Crippen LogP contribution in [0.1, 0.15) is 12.5 Å². The molecule has 3 aromatic rings. The molecule has 0 aliphatic carbocycles. The first-order valence-corrected chi connectivity index (χ1v) is 7.62. The number of aromatic nitrogens is 1. The van der Waals surface area contributed by atoms with Crippen molar-refractivity contribution in [1.82, 2.24) is 4.98 Å². The summed E-state index contributed by atoms with van der Waals surface area (Å²) in [7, 11) is 3.27. The number of ether oxygens (including phenoxy) is 2. The number of nitrogens with one attached hydrogen (secondary N) is 1. The van der Waals surface area contributed by atoms with Crippen molar-refractivity contribution in [1.29, 1.82) is 0 Å². The normalized spacial score (nSPS) is 10.6. The minimum atomic E-state index is 0.679. The molecule has 0 radical (unpaired) electrons. The first-order valence-electron chi connectivity index (χ1n) is 7.62. The Labute approximate surface area is 136 Å². The van der Waals surface area contributed by atoms with Gasteiger partial charge >= 0.3 is 0 Å². The molecule has 0 aliphatic heterocycles. The Bertz CT molecular complexity index is 831. The Morgan fingerprint density at radius 2 is 1.70 bits per heavy atom. The molecule has 0 bridgehead atoms. The first-order chi connectivity index (χ1) is 11.3. The number of fused-ring (bicyclic) bond motifs is 1. The zero-order valence-corrected chi connectivity index (χ0v) is 13.6. The third-order valence-electron chi connectivity index (χ3n) is 3.91. The van der Waals surface area contributed by atoms with E-state index < -0.39 is 0 Å². The molecule has 0 saturated heterocycles. The molecule has 1 heterocycles. The summed E-state index contributed by atoms with van der Waals surface area (Å²) in [6, 6.07) is 14.1. The molecule has 1 N–H and O–H groups in total. The third kappa shape index (κ3) is 2.93. The van der Waals surface area contributed by atoms with E-state index in [0.29, 0.717) is 11.5 Å². The Hall–Kier alpha value is -2.75. The van der Waals surface area contributed by atoms with Crippen LogP contribution in [0.25, 0.3) is 10.9 Å². The van der Waals surface area contributed by atoms with Crippen molar-refractivity contribution in [3.63, 3.8) is 0 Å². The van der Waals surface area contributed by atoms with Gasteiger partial charge in [-0.25, -0.2) is 0 Å². The fourth-order valence-electron chi connectivity index (χ4n) is 2.68. The molecule has 4 heteroatoms. The zero-order chi connectivity index (χ0) is 16.2. The number of aryl methyl sites for hydroxylation is 1. The second kappa shape index (κ2) is 6.57. The predicted octanol–water partition coefficient (Wildman–Crippen LogP) is 4.56. The van der Waals surface area contributed by atoms with Crippen LogP contribution in [-0.4, -0.2) is 19.2 Å². The molecule has 0 saturated carbocycles. The second-order valence-electron chi connectivity index (χ2n) is 5.22. The molecule has 4 nitrogen and oxygen atoms in total. The summed E-state index contributed by atoms with van der Waals surface area (Å²) in [5.74, 6) is 1.37. The topological polar surface area (TPSA) is 43.4 Å². The average molecular weight is 308 g/mol. The fraction of sp³-hybridized carbons (Fsp3) is 0.211. The largest absolute Gasteiger partial charge is 0.493 e. The number of nitrogens with zero attached hydrogens (tertiary/aromatic N) is 1. The fourth-order valence-corrected chi connectivity index (χ4v) is 2.68. The summed E-state index contributed by atoms with van der Waals surface area (Å²) in [5.41, 5.74) is 4.24. The highest BCUT2D eigenvalue weighted by atomic mass is 16.5. The summed E-state index contributed by atoms with van der Waals surface area (Å²) in [4.78, 5) is 4.43. The van der Waals surface area contributed by atoms with Crippen LogP contribution in [0.2, 0.25) is 0 Å². The Morgan fingerprint density at radius 1 is 0.957 bits per heavy atom. The maximum absolute atomic E-state index is 5.41. The number of para-hydroxylation sites is 1.